The molecule has 0 unspecified atom stereocenters. The fourth-order valence-electron chi connectivity index (χ4n) is 2.13. The molecule has 7 heteroatoms. The quantitative estimate of drug-likeness (QED) is 0.787. The van der Waals surface area contributed by atoms with Crippen LogP contribution in [0.4, 0.5) is 0 Å². The number of rotatable bonds is 2. The SMILES string of the molecule is Cc1c(Cl)cc(C(=O)N2CCCC2)cc1S(=O)(=O)Cl. The van der Waals surface area contributed by atoms with Crippen LogP contribution in [0.5, 0.6) is 0 Å². The zero-order valence-corrected chi connectivity index (χ0v) is 12.6. The summed E-state index contributed by atoms with van der Waals surface area (Å²) in [5.41, 5.74) is 0.617. The van der Waals surface area contributed by atoms with Crippen LogP contribution in [-0.2, 0) is 9.05 Å². The number of halogens is 2. The Hall–Kier alpha value is -0.780. The van der Waals surface area contributed by atoms with Gasteiger partial charge in [-0.2, -0.15) is 0 Å². The van der Waals surface area contributed by atoms with Crippen molar-refractivity contribution in [1.82, 2.24) is 4.90 Å². The molecule has 0 aromatic heterocycles. The molecule has 1 aliphatic heterocycles. The van der Waals surface area contributed by atoms with E-state index in [9.17, 15) is 13.2 Å². The van der Waals surface area contributed by atoms with Crippen LogP contribution in [0.25, 0.3) is 0 Å². The lowest BCUT2D eigenvalue weighted by atomic mass is 10.1. The molecule has 1 fully saturated rings. The number of likely N-dealkylation sites (tertiary alicyclic amines) is 1. The predicted octanol–water partition coefficient (Wildman–Crippen LogP) is 2.81. The Morgan fingerprint density at radius 1 is 1.26 bits per heavy atom. The van der Waals surface area contributed by atoms with E-state index in [0.29, 0.717) is 18.7 Å². The maximum atomic E-state index is 12.2. The van der Waals surface area contributed by atoms with Crippen LogP contribution in [0.15, 0.2) is 17.0 Å². The Morgan fingerprint density at radius 3 is 2.37 bits per heavy atom. The van der Waals surface area contributed by atoms with E-state index >= 15 is 0 Å². The lowest BCUT2D eigenvalue weighted by Crippen LogP contribution is -2.27. The van der Waals surface area contributed by atoms with Gasteiger partial charge in [-0.1, -0.05) is 11.6 Å². The third-order valence-electron chi connectivity index (χ3n) is 3.20. The highest BCUT2D eigenvalue weighted by Gasteiger charge is 2.23. The van der Waals surface area contributed by atoms with Crippen LogP contribution in [0.3, 0.4) is 0 Å². The van der Waals surface area contributed by atoms with Crippen LogP contribution in [0.1, 0.15) is 28.8 Å². The lowest BCUT2D eigenvalue weighted by Gasteiger charge is -2.16. The molecule has 1 amide bonds. The second-order valence-electron chi connectivity index (χ2n) is 4.52. The summed E-state index contributed by atoms with van der Waals surface area (Å²) in [6.45, 7) is 2.93. The first-order valence-electron chi connectivity index (χ1n) is 5.85. The maximum absolute atomic E-state index is 12.2. The molecule has 0 atom stereocenters. The summed E-state index contributed by atoms with van der Waals surface area (Å²) in [5, 5.41) is 0.226. The molecule has 0 spiro atoms. The fraction of sp³-hybridized carbons (Fsp3) is 0.417. The van der Waals surface area contributed by atoms with Crippen molar-refractivity contribution in [1.29, 1.82) is 0 Å². The van der Waals surface area contributed by atoms with E-state index < -0.39 is 9.05 Å². The minimum absolute atomic E-state index is 0.107. The first-order valence-corrected chi connectivity index (χ1v) is 8.53. The van der Waals surface area contributed by atoms with Crippen molar-refractivity contribution < 1.29 is 13.2 Å². The number of benzene rings is 1. The van der Waals surface area contributed by atoms with Gasteiger partial charge in [-0.3, -0.25) is 4.79 Å². The Morgan fingerprint density at radius 2 is 1.84 bits per heavy atom. The Balaban J connectivity index is 2.48. The van der Waals surface area contributed by atoms with Gasteiger partial charge in [0, 0.05) is 34.4 Å². The van der Waals surface area contributed by atoms with E-state index in [2.05, 4.69) is 0 Å². The molecule has 2 rings (SSSR count). The Labute approximate surface area is 121 Å². The number of nitrogens with zero attached hydrogens (tertiary/aromatic N) is 1. The summed E-state index contributed by atoms with van der Waals surface area (Å²) >= 11 is 5.98. The molecular formula is C12H13Cl2NO3S. The van der Waals surface area contributed by atoms with Crippen LogP contribution < -0.4 is 0 Å². The monoisotopic (exact) mass is 321 g/mol. The van der Waals surface area contributed by atoms with E-state index in [0.717, 1.165) is 12.8 Å². The number of carbonyl (C=O) groups is 1. The molecule has 104 valence electrons. The molecule has 1 aromatic rings. The number of carbonyl (C=O) groups excluding carboxylic acids is 1. The second-order valence-corrected chi connectivity index (χ2v) is 7.46. The topological polar surface area (TPSA) is 54.5 Å². The molecule has 19 heavy (non-hydrogen) atoms. The first kappa shape index (κ1) is 14.6. The zero-order chi connectivity index (χ0) is 14.2. The summed E-state index contributed by atoms with van der Waals surface area (Å²) in [6, 6.07) is 2.79. The van der Waals surface area contributed by atoms with E-state index in [1.165, 1.54) is 12.1 Å². The molecule has 1 saturated heterocycles. The summed E-state index contributed by atoms with van der Waals surface area (Å²) in [5.74, 6) is -0.207. The van der Waals surface area contributed by atoms with Gasteiger partial charge in [0.1, 0.15) is 0 Å². The zero-order valence-electron chi connectivity index (χ0n) is 10.3. The van der Waals surface area contributed by atoms with Gasteiger partial charge in [0.15, 0.2) is 0 Å². The van der Waals surface area contributed by atoms with Crippen molar-refractivity contribution in [3.05, 3.63) is 28.3 Å². The summed E-state index contributed by atoms with van der Waals surface area (Å²) in [7, 11) is 1.44. The van der Waals surface area contributed by atoms with Crippen molar-refractivity contribution in [3.63, 3.8) is 0 Å². The van der Waals surface area contributed by atoms with Crippen molar-refractivity contribution in [2.24, 2.45) is 0 Å². The van der Waals surface area contributed by atoms with Gasteiger partial charge in [0.25, 0.3) is 15.0 Å². The molecule has 0 radical (unpaired) electrons. The molecule has 1 heterocycles. The molecule has 0 bridgehead atoms. The summed E-state index contributed by atoms with van der Waals surface area (Å²) < 4.78 is 23.0. The lowest BCUT2D eigenvalue weighted by molar-refractivity contribution is 0.0792. The van der Waals surface area contributed by atoms with Crippen LogP contribution in [0, 0.1) is 6.92 Å². The van der Waals surface area contributed by atoms with Gasteiger partial charge >= 0.3 is 0 Å². The summed E-state index contributed by atoms with van der Waals surface area (Å²) in [4.78, 5) is 13.8. The highest BCUT2D eigenvalue weighted by Crippen LogP contribution is 2.28. The largest absolute Gasteiger partial charge is 0.339 e. The maximum Gasteiger partial charge on any atom is 0.261 e. The predicted molar refractivity (Wildman–Crippen MR) is 74.4 cm³/mol. The minimum atomic E-state index is -3.92. The molecule has 0 saturated carbocycles. The van der Waals surface area contributed by atoms with E-state index in [-0.39, 0.29) is 21.4 Å². The van der Waals surface area contributed by atoms with Gasteiger partial charge in [-0.25, -0.2) is 8.42 Å². The fourth-order valence-corrected chi connectivity index (χ4v) is 3.63. The van der Waals surface area contributed by atoms with Crippen molar-refractivity contribution >= 4 is 37.2 Å². The third-order valence-corrected chi connectivity index (χ3v) is 5.04. The van der Waals surface area contributed by atoms with Gasteiger partial charge < -0.3 is 4.90 Å². The van der Waals surface area contributed by atoms with Crippen molar-refractivity contribution in [2.45, 2.75) is 24.7 Å². The highest BCUT2D eigenvalue weighted by molar-refractivity contribution is 8.13. The average molecular weight is 322 g/mol. The smallest absolute Gasteiger partial charge is 0.261 e. The van der Waals surface area contributed by atoms with Gasteiger partial charge in [-0.05, 0) is 37.5 Å². The van der Waals surface area contributed by atoms with Crippen molar-refractivity contribution in [3.8, 4) is 0 Å². The third kappa shape index (κ3) is 3.04. The Bertz CT molecular complexity index is 622. The highest BCUT2D eigenvalue weighted by atomic mass is 35.7. The number of hydrogen-bond donors (Lipinski definition) is 0. The van der Waals surface area contributed by atoms with Gasteiger partial charge in [-0.15, -0.1) is 0 Å². The van der Waals surface area contributed by atoms with Gasteiger partial charge in [0.2, 0.25) is 0 Å². The van der Waals surface area contributed by atoms with Crippen molar-refractivity contribution in [2.75, 3.05) is 13.1 Å². The number of amides is 1. The molecule has 1 aromatic carbocycles. The standard InChI is InChI=1S/C12H13Cl2NO3S/c1-8-10(13)6-9(7-11(8)19(14,17)18)12(16)15-4-2-3-5-15/h6-7H,2-5H2,1H3. The van der Waals surface area contributed by atoms with E-state index in [1.54, 1.807) is 11.8 Å². The van der Waals surface area contributed by atoms with Crippen LogP contribution >= 0.6 is 22.3 Å². The molecular weight excluding hydrogens is 309 g/mol. The minimum Gasteiger partial charge on any atom is -0.339 e. The normalized spacial score (nSPS) is 15.8. The Kier molecular flexibility index (Phi) is 4.08. The second kappa shape index (κ2) is 5.31. The molecule has 0 aliphatic carbocycles. The van der Waals surface area contributed by atoms with E-state index in [4.69, 9.17) is 22.3 Å². The van der Waals surface area contributed by atoms with Crippen LogP contribution in [0.2, 0.25) is 5.02 Å². The molecule has 0 N–H and O–H groups in total. The first-order chi connectivity index (χ1) is 8.80. The average Bonchev–Trinajstić information content (AvgIpc) is 2.83. The number of hydrogen-bond acceptors (Lipinski definition) is 3. The van der Waals surface area contributed by atoms with E-state index in [1.807, 2.05) is 0 Å². The summed E-state index contributed by atoms with van der Waals surface area (Å²) in [6.07, 6.45) is 1.93. The molecule has 4 nitrogen and oxygen atoms in total. The molecule has 1 aliphatic rings. The van der Waals surface area contributed by atoms with Gasteiger partial charge in [0.05, 0.1) is 4.90 Å². The van der Waals surface area contributed by atoms with Crippen LogP contribution in [-0.4, -0.2) is 32.3 Å².